The Bertz CT molecular complexity index is 2850. The third-order valence-electron chi connectivity index (χ3n) is 11.0. The second kappa shape index (κ2) is 11.6. The predicted octanol–water partition coefficient (Wildman–Crippen LogP) is 11.1. The van der Waals surface area contributed by atoms with Crippen LogP contribution in [0.15, 0.2) is 163 Å². The molecule has 0 bridgehead atoms. The minimum absolute atomic E-state index is 0.293. The van der Waals surface area contributed by atoms with Crippen LogP contribution in [-0.2, 0) is 0 Å². The predicted molar refractivity (Wildman–Crippen MR) is 216 cm³/mol. The minimum Gasteiger partial charge on any atom is -0.313 e. The molecule has 2 aromatic heterocycles. The monoisotopic (exact) mass is 655 g/mol. The van der Waals surface area contributed by atoms with Gasteiger partial charge < -0.3 is 14.0 Å². The Morgan fingerprint density at radius 3 is 1.90 bits per heavy atom. The SMILES string of the molecule is C/C=c1\c(=C/C)n(C2=CC=C3C(C2)c2ccccc2N3c2ccccc2)c2ccc(-c3ccc4c(c3)c3ccccc3n4-c3ccccc3)cc12. The fraction of sp³-hybridized carbons (Fsp3) is 0.0833. The lowest BCUT2D eigenvalue weighted by atomic mass is 9.90. The zero-order valence-electron chi connectivity index (χ0n) is 28.8. The summed E-state index contributed by atoms with van der Waals surface area (Å²) in [4.78, 5) is 2.44. The van der Waals surface area contributed by atoms with Crippen molar-refractivity contribution >= 4 is 61.9 Å². The highest BCUT2D eigenvalue weighted by Gasteiger charge is 2.36. The lowest BCUT2D eigenvalue weighted by molar-refractivity contribution is 0.797. The van der Waals surface area contributed by atoms with Crippen molar-refractivity contribution in [1.82, 2.24) is 9.13 Å². The zero-order chi connectivity index (χ0) is 34.1. The number of nitrogens with zero attached hydrogens (tertiary/aromatic N) is 3. The van der Waals surface area contributed by atoms with Crippen LogP contribution < -0.4 is 15.5 Å². The Labute approximate surface area is 297 Å². The van der Waals surface area contributed by atoms with E-state index in [1.165, 1.54) is 88.4 Å². The van der Waals surface area contributed by atoms with Crippen LogP contribution in [0.25, 0.3) is 67.4 Å². The van der Waals surface area contributed by atoms with Crippen molar-refractivity contribution in [3.8, 4) is 16.8 Å². The molecular weight excluding hydrogens is 619 g/mol. The summed E-state index contributed by atoms with van der Waals surface area (Å²) < 4.78 is 4.89. The highest BCUT2D eigenvalue weighted by atomic mass is 15.2. The molecule has 3 nitrogen and oxygen atoms in total. The fourth-order valence-electron chi connectivity index (χ4n) is 8.75. The Hall–Kier alpha value is -6.32. The number of rotatable bonds is 4. The maximum atomic E-state index is 2.51. The highest BCUT2D eigenvalue weighted by Crippen LogP contribution is 2.52. The van der Waals surface area contributed by atoms with Gasteiger partial charge in [-0.2, -0.15) is 0 Å². The number of benzene rings is 6. The van der Waals surface area contributed by atoms with Gasteiger partial charge in [0.15, 0.2) is 0 Å². The number of fused-ring (bicyclic) bond motifs is 7. The van der Waals surface area contributed by atoms with E-state index >= 15 is 0 Å². The van der Waals surface area contributed by atoms with E-state index < -0.39 is 0 Å². The maximum absolute atomic E-state index is 2.51. The molecule has 1 aliphatic carbocycles. The van der Waals surface area contributed by atoms with Gasteiger partial charge in [0.1, 0.15) is 0 Å². The van der Waals surface area contributed by atoms with Crippen LogP contribution in [0.3, 0.4) is 0 Å². The van der Waals surface area contributed by atoms with E-state index in [4.69, 9.17) is 0 Å². The molecule has 0 saturated heterocycles. The van der Waals surface area contributed by atoms with Gasteiger partial charge in [-0.25, -0.2) is 0 Å². The maximum Gasteiger partial charge on any atom is 0.0541 e. The molecule has 2 aliphatic rings. The summed E-state index contributed by atoms with van der Waals surface area (Å²) in [6.45, 7) is 4.34. The average molecular weight is 656 g/mol. The van der Waals surface area contributed by atoms with Crippen LogP contribution in [0.1, 0.15) is 31.7 Å². The molecule has 10 rings (SSSR count). The third kappa shape index (κ3) is 4.44. The molecular formula is C48H37N3. The molecule has 0 radical (unpaired) electrons. The topological polar surface area (TPSA) is 13.1 Å². The van der Waals surface area contributed by atoms with E-state index in [0.29, 0.717) is 5.92 Å². The van der Waals surface area contributed by atoms with Crippen molar-refractivity contribution in [3.05, 3.63) is 180 Å². The summed E-state index contributed by atoms with van der Waals surface area (Å²) in [7, 11) is 0. The Kier molecular flexibility index (Phi) is 6.75. The number of anilines is 2. The number of hydrogen-bond donors (Lipinski definition) is 0. The van der Waals surface area contributed by atoms with Gasteiger partial charge in [-0.1, -0.05) is 97.1 Å². The first-order valence-corrected chi connectivity index (χ1v) is 17.9. The van der Waals surface area contributed by atoms with Crippen LogP contribution in [0.4, 0.5) is 11.4 Å². The molecule has 0 spiro atoms. The molecule has 0 saturated carbocycles. The molecule has 0 amide bonds. The number of para-hydroxylation sites is 4. The van der Waals surface area contributed by atoms with E-state index in [1.807, 2.05) is 0 Å². The van der Waals surface area contributed by atoms with E-state index in [-0.39, 0.29) is 0 Å². The van der Waals surface area contributed by atoms with Crippen molar-refractivity contribution in [2.75, 3.05) is 4.90 Å². The molecule has 244 valence electrons. The van der Waals surface area contributed by atoms with E-state index in [9.17, 15) is 0 Å². The van der Waals surface area contributed by atoms with Crippen LogP contribution in [-0.4, -0.2) is 9.13 Å². The van der Waals surface area contributed by atoms with Crippen LogP contribution in [0, 0.1) is 0 Å². The second-order valence-electron chi connectivity index (χ2n) is 13.6. The average Bonchev–Trinajstić information content (AvgIpc) is 3.83. The summed E-state index contributed by atoms with van der Waals surface area (Å²) >= 11 is 0. The quantitative estimate of drug-likeness (QED) is 0.184. The molecule has 1 unspecified atom stereocenters. The first-order valence-electron chi connectivity index (χ1n) is 17.9. The molecule has 1 atom stereocenters. The van der Waals surface area contributed by atoms with Gasteiger partial charge in [-0.05, 0) is 103 Å². The Morgan fingerprint density at radius 2 is 1.16 bits per heavy atom. The highest BCUT2D eigenvalue weighted by molar-refractivity contribution is 6.10. The number of hydrogen-bond acceptors (Lipinski definition) is 1. The molecule has 3 heterocycles. The van der Waals surface area contributed by atoms with Gasteiger partial charge in [-0.15, -0.1) is 0 Å². The lowest BCUT2D eigenvalue weighted by Gasteiger charge is -2.27. The Balaban J connectivity index is 1.11. The fourth-order valence-corrected chi connectivity index (χ4v) is 8.75. The van der Waals surface area contributed by atoms with E-state index in [0.717, 1.165) is 6.42 Å². The van der Waals surface area contributed by atoms with Crippen molar-refractivity contribution < 1.29 is 0 Å². The molecule has 1 aliphatic heterocycles. The summed E-state index contributed by atoms with van der Waals surface area (Å²) in [5, 5.41) is 6.35. The van der Waals surface area contributed by atoms with Gasteiger partial charge in [0.05, 0.1) is 16.6 Å². The molecule has 0 N–H and O–H groups in total. The van der Waals surface area contributed by atoms with Gasteiger partial charge in [0.25, 0.3) is 0 Å². The van der Waals surface area contributed by atoms with E-state index in [1.54, 1.807) is 0 Å². The van der Waals surface area contributed by atoms with Gasteiger partial charge in [0, 0.05) is 67.5 Å². The molecule has 51 heavy (non-hydrogen) atoms. The van der Waals surface area contributed by atoms with Crippen LogP contribution in [0.5, 0.6) is 0 Å². The number of allylic oxidation sites excluding steroid dienone is 4. The standard InChI is InChI=1S/C48H37N3/c1-3-37-40-29-32(33-24-27-47-41(30-33)38-19-11-13-21-44(38)49(47)34-15-7-5-8-16-34)23-26-46(40)51(43(37)4-2)36-25-28-48-42(31-36)39-20-12-14-22-45(39)50(48)35-17-9-6-10-18-35/h3-30,42H,31H2,1-2H3/b37-3-,43-4+. The summed E-state index contributed by atoms with van der Waals surface area (Å²) in [6.07, 6.45) is 10.2. The van der Waals surface area contributed by atoms with Crippen molar-refractivity contribution in [2.24, 2.45) is 0 Å². The summed E-state index contributed by atoms with van der Waals surface area (Å²) in [6, 6.07) is 53.1. The molecule has 6 aromatic carbocycles. The summed E-state index contributed by atoms with van der Waals surface area (Å²) in [5.74, 6) is 0.293. The molecule has 3 heteroatoms. The molecule has 0 fully saturated rings. The van der Waals surface area contributed by atoms with Crippen LogP contribution in [0.2, 0.25) is 0 Å². The number of aromatic nitrogens is 2. The summed E-state index contributed by atoms with van der Waals surface area (Å²) in [5.41, 5.74) is 13.9. The van der Waals surface area contributed by atoms with Gasteiger partial charge >= 0.3 is 0 Å². The normalized spacial score (nSPS) is 16.2. The van der Waals surface area contributed by atoms with Crippen molar-refractivity contribution in [2.45, 2.75) is 26.2 Å². The Morgan fingerprint density at radius 1 is 0.529 bits per heavy atom. The van der Waals surface area contributed by atoms with Gasteiger partial charge in [-0.3, -0.25) is 0 Å². The zero-order valence-corrected chi connectivity index (χ0v) is 28.8. The van der Waals surface area contributed by atoms with Crippen LogP contribution >= 0.6 is 0 Å². The first-order chi connectivity index (χ1) is 25.2. The smallest absolute Gasteiger partial charge is 0.0541 e. The third-order valence-corrected chi connectivity index (χ3v) is 11.0. The lowest BCUT2D eigenvalue weighted by Crippen LogP contribution is -2.29. The minimum atomic E-state index is 0.293. The first kappa shape index (κ1) is 29.6. The largest absolute Gasteiger partial charge is 0.313 e. The van der Waals surface area contributed by atoms with Gasteiger partial charge in [0.2, 0.25) is 0 Å². The molecule has 8 aromatic rings. The van der Waals surface area contributed by atoms with Crippen molar-refractivity contribution in [1.29, 1.82) is 0 Å². The van der Waals surface area contributed by atoms with E-state index in [2.05, 4.69) is 198 Å². The van der Waals surface area contributed by atoms with Crippen molar-refractivity contribution in [3.63, 3.8) is 0 Å². The second-order valence-corrected chi connectivity index (χ2v) is 13.6.